The van der Waals surface area contributed by atoms with Gasteiger partial charge in [-0.2, -0.15) is 10.5 Å². The van der Waals surface area contributed by atoms with Gasteiger partial charge in [-0.15, -0.1) is 0 Å². The Balaban J connectivity index is 1.50. The third-order valence-corrected chi connectivity index (χ3v) is 6.89. The average Bonchev–Trinajstić information content (AvgIpc) is 3.28. The van der Waals surface area contributed by atoms with Crippen LogP contribution in [0.4, 0.5) is 0 Å². The zero-order valence-corrected chi connectivity index (χ0v) is 22.3. The van der Waals surface area contributed by atoms with Gasteiger partial charge in [-0.25, -0.2) is 0 Å². The van der Waals surface area contributed by atoms with E-state index >= 15 is 0 Å². The first-order chi connectivity index (χ1) is 18.8. The van der Waals surface area contributed by atoms with Gasteiger partial charge in [-0.3, -0.25) is 14.8 Å². The van der Waals surface area contributed by atoms with E-state index < -0.39 is 5.56 Å². The number of hydrogen-bond donors (Lipinski definition) is 0. The lowest BCUT2D eigenvalue weighted by molar-refractivity contribution is 0.304. The van der Waals surface area contributed by atoms with Crippen LogP contribution in [0.5, 0.6) is 5.75 Å². The zero-order valence-electron chi connectivity index (χ0n) is 21.6. The molecule has 0 aliphatic heterocycles. The normalized spacial score (nSPS) is 10.8. The van der Waals surface area contributed by atoms with E-state index in [0.717, 1.165) is 27.9 Å². The van der Waals surface area contributed by atoms with E-state index in [2.05, 4.69) is 16.0 Å². The van der Waals surface area contributed by atoms with Crippen molar-refractivity contribution in [3.63, 3.8) is 0 Å². The molecule has 4 heterocycles. The van der Waals surface area contributed by atoms with Gasteiger partial charge in [0.25, 0.3) is 5.56 Å². The molecule has 5 aromatic rings. The summed E-state index contributed by atoms with van der Waals surface area (Å²) < 4.78 is 9.49. The summed E-state index contributed by atoms with van der Waals surface area (Å²) >= 11 is 6.62. The van der Waals surface area contributed by atoms with Crippen molar-refractivity contribution in [2.24, 2.45) is 7.05 Å². The third-order valence-electron chi connectivity index (χ3n) is 6.55. The smallest absolute Gasteiger partial charge is 0.268 e. The maximum absolute atomic E-state index is 12.6. The van der Waals surface area contributed by atoms with Crippen molar-refractivity contribution < 1.29 is 4.74 Å². The highest BCUT2D eigenvalue weighted by Crippen LogP contribution is 2.33. The monoisotopic (exact) mass is 534 g/mol. The molecule has 0 aliphatic carbocycles. The van der Waals surface area contributed by atoms with Crippen LogP contribution in [0.1, 0.15) is 33.9 Å². The van der Waals surface area contributed by atoms with Crippen LogP contribution in [-0.4, -0.2) is 19.1 Å². The Kier molecular flexibility index (Phi) is 6.89. The molecular formula is C30H23ClN6O2. The second-order valence-electron chi connectivity index (χ2n) is 9.19. The molecule has 5 rings (SSSR count). The summed E-state index contributed by atoms with van der Waals surface area (Å²) in [6, 6.07) is 20.4. The highest BCUT2D eigenvalue weighted by molar-refractivity contribution is 6.31. The molecule has 0 fully saturated rings. The van der Waals surface area contributed by atoms with Crippen LogP contribution in [-0.2, 0) is 20.2 Å². The molecule has 192 valence electrons. The number of aromatic nitrogens is 4. The number of benzene rings is 1. The van der Waals surface area contributed by atoms with Gasteiger partial charge in [0.2, 0.25) is 0 Å². The SMILES string of the molecule is Cc1cc(Cl)c(COc2ccc3nc(C)cc(-c4ccc(C#N)n4C)c3c2)c(Cn2cccc(C#N)c2=O)n1. The number of fused-ring (bicyclic) bond motifs is 1. The molecule has 0 spiro atoms. The van der Waals surface area contributed by atoms with Gasteiger partial charge in [-0.1, -0.05) is 11.6 Å². The van der Waals surface area contributed by atoms with Gasteiger partial charge in [-0.05, 0) is 68.4 Å². The lowest BCUT2D eigenvalue weighted by Gasteiger charge is -2.15. The van der Waals surface area contributed by atoms with Crippen LogP contribution < -0.4 is 10.3 Å². The van der Waals surface area contributed by atoms with Crippen molar-refractivity contribution >= 4 is 22.5 Å². The third kappa shape index (κ3) is 4.98. The van der Waals surface area contributed by atoms with Crippen LogP contribution in [0.25, 0.3) is 22.2 Å². The van der Waals surface area contributed by atoms with Crippen molar-refractivity contribution in [1.29, 1.82) is 10.5 Å². The maximum Gasteiger partial charge on any atom is 0.268 e. The Hall–Kier alpha value is -4.92. The fourth-order valence-corrected chi connectivity index (χ4v) is 4.92. The van der Waals surface area contributed by atoms with Gasteiger partial charge >= 0.3 is 0 Å². The number of nitriles is 2. The van der Waals surface area contributed by atoms with E-state index in [-0.39, 0.29) is 18.7 Å². The summed E-state index contributed by atoms with van der Waals surface area (Å²) in [5, 5.41) is 20.0. The summed E-state index contributed by atoms with van der Waals surface area (Å²) in [5.41, 5.74) is 5.70. The number of nitrogens with zero attached hydrogens (tertiary/aromatic N) is 6. The van der Waals surface area contributed by atoms with Crippen LogP contribution in [0.15, 0.2) is 65.6 Å². The summed E-state index contributed by atoms with van der Waals surface area (Å²) in [6.07, 6.45) is 1.62. The molecule has 0 saturated carbocycles. The van der Waals surface area contributed by atoms with Gasteiger partial charge in [0.15, 0.2) is 0 Å². The lowest BCUT2D eigenvalue weighted by atomic mass is 10.0. The fraction of sp³-hybridized carbons (Fsp3) is 0.167. The van der Waals surface area contributed by atoms with Gasteiger partial charge < -0.3 is 13.9 Å². The van der Waals surface area contributed by atoms with Crippen LogP contribution in [0.3, 0.4) is 0 Å². The second-order valence-corrected chi connectivity index (χ2v) is 9.60. The highest BCUT2D eigenvalue weighted by atomic mass is 35.5. The molecule has 0 radical (unpaired) electrons. The van der Waals surface area contributed by atoms with Crippen molar-refractivity contribution in [2.75, 3.05) is 0 Å². The molecular weight excluding hydrogens is 512 g/mol. The minimum absolute atomic E-state index is 0.0602. The average molecular weight is 535 g/mol. The lowest BCUT2D eigenvalue weighted by Crippen LogP contribution is -2.23. The van der Waals surface area contributed by atoms with Crippen molar-refractivity contribution in [2.45, 2.75) is 27.0 Å². The first-order valence-electron chi connectivity index (χ1n) is 12.1. The summed E-state index contributed by atoms with van der Waals surface area (Å²) in [7, 11) is 1.86. The topological polar surface area (TPSA) is 110 Å². The standard InChI is InChI=1S/C30H23ClN6O2/c1-18-11-24(29-9-6-21(15-33)36(29)3)23-13-22(7-8-27(23)34-18)39-17-25-26(31)12-19(2)35-28(25)16-37-10-4-5-20(14-32)30(37)38/h4-13H,16-17H2,1-3H3. The Morgan fingerprint density at radius 1 is 1.00 bits per heavy atom. The second kappa shape index (κ2) is 10.4. The minimum atomic E-state index is -0.392. The van der Waals surface area contributed by atoms with Gasteiger partial charge in [0.05, 0.1) is 22.8 Å². The predicted molar refractivity (Wildman–Crippen MR) is 148 cm³/mol. The molecule has 0 amide bonds. The minimum Gasteiger partial charge on any atom is -0.489 e. The highest BCUT2D eigenvalue weighted by Gasteiger charge is 2.16. The summed E-state index contributed by atoms with van der Waals surface area (Å²) in [4.78, 5) is 21.9. The molecule has 4 aromatic heterocycles. The van der Waals surface area contributed by atoms with Crippen molar-refractivity contribution in [3.8, 4) is 29.1 Å². The van der Waals surface area contributed by atoms with Crippen LogP contribution in [0.2, 0.25) is 5.02 Å². The number of rotatable bonds is 6. The van der Waals surface area contributed by atoms with E-state index in [1.807, 2.05) is 61.9 Å². The summed E-state index contributed by atoms with van der Waals surface area (Å²) in [6.45, 7) is 4.04. The molecule has 9 heteroatoms. The quantitative estimate of drug-likeness (QED) is 0.287. The fourth-order valence-electron chi connectivity index (χ4n) is 4.60. The van der Waals surface area contributed by atoms with Crippen molar-refractivity contribution in [1.82, 2.24) is 19.1 Å². The molecule has 0 atom stereocenters. The molecule has 0 N–H and O–H groups in total. The molecule has 0 bridgehead atoms. The largest absolute Gasteiger partial charge is 0.489 e. The molecule has 8 nitrogen and oxygen atoms in total. The summed E-state index contributed by atoms with van der Waals surface area (Å²) in [5.74, 6) is 0.607. The number of aryl methyl sites for hydroxylation is 2. The molecule has 0 unspecified atom stereocenters. The zero-order chi connectivity index (χ0) is 27.7. The first-order valence-corrected chi connectivity index (χ1v) is 12.5. The van der Waals surface area contributed by atoms with Gasteiger partial charge in [0.1, 0.15) is 35.8 Å². The van der Waals surface area contributed by atoms with E-state index in [1.165, 1.54) is 10.6 Å². The molecule has 39 heavy (non-hydrogen) atoms. The Bertz CT molecular complexity index is 1890. The molecule has 1 aromatic carbocycles. The first kappa shape index (κ1) is 25.7. The van der Waals surface area contributed by atoms with Crippen LogP contribution >= 0.6 is 11.6 Å². The van der Waals surface area contributed by atoms with Gasteiger partial charge in [0, 0.05) is 46.8 Å². The van der Waals surface area contributed by atoms with Crippen molar-refractivity contribution in [3.05, 3.63) is 110 Å². The Morgan fingerprint density at radius 3 is 2.54 bits per heavy atom. The number of pyridine rings is 3. The Morgan fingerprint density at radius 2 is 1.79 bits per heavy atom. The Labute approximate surface area is 229 Å². The van der Waals surface area contributed by atoms with Crippen LogP contribution in [0, 0.1) is 36.5 Å². The molecule has 0 aliphatic rings. The van der Waals surface area contributed by atoms with E-state index in [0.29, 0.717) is 33.4 Å². The van der Waals surface area contributed by atoms with E-state index in [1.54, 1.807) is 24.4 Å². The predicted octanol–water partition coefficient (Wildman–Crippen LogP) is 5.44. The van der Waals surface area contributed by atoms with E-state index in [9.17, 15) is 15.3 Å². The number of halogens is 1. The van der Waals surface area contributed by atoms with E-state index in [4.69, 9.17) is 16.3 Å². The molecule has 0 saturated heterocycles. The number of hydrogen-bond acceptors (Lipinski definition) is 6. The maximum atomic E-state index is 12.6. The number of ether oxygens (including phenoxy) is 1.